The third-order valence-electron chi connectivity index (χ3n) is 1.17. The topological polar surface area (TPSA) is 9.23 Å². The van der Waals surface area contributed by atoms with Crippen LogP contribution in [-0.4, -0.2) is 6.61 Å². The van der Waals surface area contributed by atoms with Crippen LogP contribution < -0.4 is 0 Å². The summed E-state index contributed by atoms with van der Waals surface area (Å²) in [6.07, 6.45) is 3.01. The van der Waals surface area contributed by atoms with Crippen molar-refractivity contribution in [3.05, 3.63) is 6.10 Å². The highest BCUT2D eigenvalue weighted by Crippen LogP contribution is 2.31. The largest absolute Gasteiger partial charge is 0.345 e. The fourth-order valence-electron chi connectivity index (χ4n) is 0.565. The van der Waals surface area contributed by atoms with Crippen LogP contribution >= 0.6 is 0 Å². The molecule has 1 rings (SSSR count). The first-order valence-corrected chi connectivity index (χ1v) is 2.58. The van der Waals surface area contributed by atoms with Crippen molar-refractivity contribution < 1.29 is 13.5 Å². The molecule has 1 fully saturated rings. The van der Waals surface area contributed by atoms with Gasteiger partial charge in [-0.25, -0.2) is 0 Å². The molecule has 8 heavy (non-hydrogen) atoms. The molecule has 0 N–H and O–H groups in total. The van der Waals surface area contributed by atoms with Gasteiger partial charge in [0.2, 0.25) is 0 Å². The lowest BCUT2D eigenvalue weighted by molar-refractivity contribution is -0.136. The van der Waals surface area contributed by atoms with E-state index in [-0.39, 0.29) is 0 Å². The molecular formula is C5H7F2O. The molecule has 3 heteroatoms. The Labute approximate surface area is 46.6 Å². The fourth-order valence-corrected chi connectivity index (χ4v) is 0.565. The van der Waals surface area contributed by atoms with Crippen molar-refractivity contribution in [2.45, 2.75) is 25.9 Å². The van der Waals surface area contributed by atoms with E-state index in [1.807, 2.05) is 0 Å². The molecule has 0 unspecified atom stereocenters. The molecule has 0 aromatic carbocycles. The molecule has 1 aliphatic rings. The van der Waals surface area contributed by atoms with E-state index in [0.717, 1.165) is 19.3 Å². The summed E-state index contributed by atoms with van der Waals surface area (Å²) in [6, 6.07) is 0. The van der Waals surface area contributed by atoms with Gasteiger partial charge in [-0.05, 0) is 19.3 Å². The predicted molar refractivity (Wildman–Crippen MR) is 24.2 cm³/mol. The minimum atomic E-state index is -2.61. The second-order valence-electron chi connectivity index (χ2n) is 1.77. The van der Waals surface area contributed by atoms with Gasteiger partial charge in [0.05, 0.1) is 0 Å². The van der Waals surface area contributed by atoms with Crippen LogP contribution in [0.4, 0.5) is 8.78 Å². The summed E-state index contributed by atoms with van der Waals surface area (Å²) >= 11 is 0. The lowest BCUT2D eigenvalue weighted by Crippen LogP contribution is -2.15. The summed E-state index contributed by atoms with van der Waals surface area (Å²) in [5, 5.41) is 0. The number of hydrogen-bond donors (Lipinski definition) is 0. The summed E-state index contributed by atoms with van der Waals surface area (Å²) in [5.41, 5.74) is 0. The van der Waals surface area contributed by atoms with Gasteiger partial charge in [0.15, 0.2) is 0 Å². The Morgan fingerprint density at radius 1 is 1.38 bits per heavy atom. The molecule has 1 radical (unpaired) electrons. The standard InChI is InChI=1S/C5H7F2O/c6-5(7)8-4-2-1-3-4/h5H,1-3H2. The first-order valence-electron chi connectivity index (χ1n) is 2.58. The zero-order valence-corrected chi connectivity index (χ0v) is 4.36. The van der Waals surface area contributed by atoms with E-state index in [0.29, 0.717) is 6.10 Å². The number of rotatable bonds is 2. The van der Waals surface area contributed by atoms with E-state index in [1.54, 1.807) is 0 Å². The van der Waals surface area contributed by atoms with E-state index in [4.69, 9.17) is 0 Å². The summed E-state index contributed by atoms with van der Waals surface area (Å²) < 4.78 is 26.6. The molecule has 0 bridgehead atoms. The summed E-state index contributed by atoms with van der Waals surface area (Å²) in [6.45, 7) is -2.61. The molecule has 0 spiro atoms. The Balaban J connectivity index is 2.01. The molecule has 1 nitrogen and oxygen atoms in total. The lowest BCUT2D eigenvalue weighted by Gasteiger charge is -2.23. The second kappa shape index (κ2) is 2.40. The van der Waals surface area contributed by atoms with Crippen molar-refractivity contribution in [2.24, 2.45) is 0 Å². The van der Waals surface area contributed by atoms with Crippen LogP contribution in [0.15, 0.2) is 0 Å². The molecular weight excluding hydrogens is 114 g/mol. The Bertz CT molecular complexity index is 70.8. The van der Waals surface area contributed by atoms with Crippen LogP contribution in [0.1, 0.15) is 19.3 Å². The monoisotopic (exact) mass is 121 g/mol. The minimum Gasteiger partial charge on any atom is -0.313 e. The van der Waals surface area contributed by atoms with Crippen LogP contribution in [0.5, 0.6) is 0 Å². The summed E-state index contributed by atoms with van der Waals surface area (Å²) in [7, 11) is 0. The molecule has 0 aromatic rings. The molecule has 47 valence electrons. The van der Waals surface area contributed by atoms with Gasteiger partial charge in [-0.15, -0.1) is 0 Å². The van der Waals surface area contributed by atoms with E-state index < -0.39 is 6.61 Å². The van der Waals surface area contributed by atoms with Crippen molar-refractivity contribution in [1.82, 2.24) is 0 Å². The van der Waals surface area contributed by atoms with E-state index >= 15 is 0 Å². The van der Waals surface area contributed by atoms with Crippen LogP contribution in [0.2, 0.25) is 0 Å². The van der Waals surface area contributed by atoms with Crippen molar-refractivity contribution in [1.29, 1.82) is 0 Å². The third kappa shape index (κ3) is 1.40. The molecule has 1 aliphatic carbocycles. The lowest BCUT2D eigenvalue weighted by atomic mass is 9.96. The third-order valence-corrected chi connectivity index (χ3v) is 1.17. The Kier molecular flexibility index (Phi) is 1.78. The van der Waals surface area contributed by atoms with E-state index in [1.165, 1.54) is 0 Å². The Hall–Kier alpha value is -0.180. The highest BCUT2D eigenvalue weighted by atomic mass is 19.3. The van der Waals surface area contributed by atoms with Crippen LogP contribution in [-0.2, 0) is 4.74 Å². The first-order chi connectivity index (χ1) is 3.79. The number of hydrogen-bond acceptors (Lipinski definition) is 1. The highest BCUT2D eigenvalue weighted by Gasteiger charge is 2.22. The molecule has 0 aliphatic heterocycles. The van der Waals surface area contributed by atoms with Crippen LogP contribution in [0.3, 0.4) is 0 Å². The maximum Gasteiger partial charge on any atom is 0.345 e. The summed E-state index contributed by atoms with van der Waals surface area (Å²) in [4.78, 5) is 0. The second-order valence-corrected chi connectivity index (χ2v) is 1.77. The zero-order chi connectivity index (χ0) is 5.98. The molecule has 0 saturated heterocycles. The number of alkyl halides is 2. The van der Waals surface area contributed by atoms with Gasteiger partial charge in [0, 0.05) is 0 Å². The smallest absolute Gasteiger partial charge is 0.313 e. The van der Waals surface area contributed by atoms with E-state index in [9.17, 15) is 8.78 Å². The predicted octanol–water partition coefficient (Wildman–Crippen LogP) is 1.94. The molecule has 0 amide bonds. The van der Waals surface area contributed by atoms with Gasteiger partial charge in [-0.2, -0.15) is 8.78 Å². The highest BCUT2D eigenvalue weighted by molar-refractivity contribution is 4.87. The van der Waals surface area contributed by atoms with Crippen molar-refractivity contribution in [3.63, 3.8) is 0 Å². The van der Waals surface area contributed by atoms with Gasteiger partial charge in [0.1, 0.15) is 6.10 Å². The summed E-state index contributed by atoms with van der Waals surface area (Å²) in [5.74, 6) is 0. The van der Waals surface area contributed by atoms with Crippen LogP contribution in [0.25, 0.3) is 0 Å². The maximum absolute atomic E-state index is 11.3. The zero-order valence-electron chi connectivity index (χ0n) is 4.36. The van der Waals surface area contributed by atoms with Gasteiger partial charge in [0.25, 0.3) is 0 Å². The van der Waals surface area contributed by atoms with Gasteiger partial charge >= 0.3 is 6.61 Å². The Morgan fingerprint density at radius 3 is 2.12 bits per heavy atom. The van der Waals surface area contributed by atoms with Gasteiger partial charge < -0.3 is 4.74 Å². The SMILES string of the molecule is FC(F)O[C]1CCC1. The van der Waals surface area contributed by atoms with Crippen LogP contribution in [0, 0.1) is 6.10 Å². The minimum absolute atomic E-state index is 0.556. The number of ether oxygens (including phenoxy) is 1. The fraction of sp³-hybridized carbons (Fsp3) is 0.800. The van der Waals surface area contributed by atoms with Crippen molar-refractivity contribution >= 4 is 0 Å². The molecule has 0 atom stereocenters. The average molecular weight is 121 g/mol. The molecule has 0 aromatic heterocycles. The molecule has 0 heterocycles. The van der Waals surface area contributed by atoms with Gasteiger partial charge in [-0.1, -0.05) is 0 Å². The maximum atomic E-state index is 11.3. The van der Waals surface area contributed by atoms with Crippen molar-refractivity contribution in [3.8, 4) is 0 Å². The average Bonchev–Trinajstić information content (AvgIpc) is 1.55. The first kappa shape index (κ1) is 5.95. The van der Waals surface area contributed by atoms with E-state index in [2.05, 4.69) is 4.74 Å². The van der Waals surface area contributed by atoms with Crippen molar-refractivity contribution in [2.75, 3.05) is 0 Å². The Morgan fingerprint density at radius 2 is 2.00 bits per heavy atom. The molecule has 1 saturated carbocycles. The van der Waals surface area contributed by atoms with Gasteiger partial charge in [-0.3, -0.25) is 0 Å². The normalized spacial score (nSPS) is 21.4. The number of halogens is 2. The quantitative estimate of drug-likeness (QED) is 0.542.